The largest absolute Gasteiger partial charge is 0.490 e. The highest BCUT2D eigenvalue weighted by molar-refractivity contribution is 6.36. The zero-order valence-corrected chi connectivity index (χ0v) is 18.2. The van der Waals surface area contributed by atoms with Crippen molar-refractivity contribution in [2.45, 2.75) is 26.9 Å². The fourth-order valence-corrected chi connectivity index (χ4v) is 2.85. The number of halogens is 2. The Morgan fingerprint density at radius 3 is 2.43 bits per heavy atom. The molecule has 0 saturated carbocycles. The molecule has 0 spiro atoms. The third kappa shape index (κ3) is 6.93. The summed E-state index contributed by atoms with van der Waals surface area (Å²) in [4.78, 5) is 23.1. The lowest BCUT2D eigenvalue weighted by atomic mass is 10.2. The van der Waals surface area contributed by atoms with E-state index < -0.39 is 11.8 Å². The maximum Gasteiger partial charge on any atom is 0.329 e. The normalized spacial score (nSPS) is 10.7. The van der Waals surface area contributed by atoms with Crippen LogP contribution in [0.4, 0.5) is 0 Å². The number of hydrogen-bond acceptors (Lipinski definition) is 5. The van der Waals surface area contributed by atoms with Crippen molar-refractivity contribution < 1.29 is 19.1 Å². The molecule has 2 aromatic rings. The Morgan fingerprint density at radius 2 is 1.77 bits per heavy atom. The Bertz CT molecular complexity index is 899. The number of ether oxygens (including phenoxy) is 2. The molecule has 0 unspecified atom stereocenters. The number of benzene rings is 2. The maximum absolute atomic E-state index is 11.6. The highest BCUT2D eigenvalue weighted by Gasteiger charge is 2.12. The van der Waals surface area contributed by atoms with Crippen LogP contribution < -0.4 is 20.2 Å². The molecule has 0 aliphatic rings. The minimum Gasteiger partial charge on any atom is -0.490 e. The predicted octanol–water partition coefficient (Wildman–Crippen LogP) is 3.95. The smallest absolute Gasteiger partial charge is 0.329 e. The van der Waals surface area contributed by atoms with Crippen LogP contribution in [-0.4, -0.2) is 31.2 Å². The van der Waals surface area contributed by atoms with Crippen LogP contribution in [0.1, 0.15) is 31.4 Å². The van der Waals surface area contributed by atoms with Crippen LogP contribution in [0, 0.1) is 0 Å². The second-order valence-electron chi connectivity index (χ2n) is 6.08. The monoisotopic (exact) mass is 451 g/mol. The van der Waals surface area contributed by atoms with E-state index in [2.05, 4.69) is 15.8 Å². The zero-order chi connectivity index (χ0) is 21.9. The van der Waals surface area contributed by atoms with Gasteiger partial charge in [0.1, 0.15) is 6.61 Å². The molecule has 160 valence electrons. The van der Waals surface area contributed by atoms with Gasteiger partial charge in [-0.25, -0.2) is 5.43 Å². The topological polar surface area (TPSA) is 89.0 Å². The van der Waals surface area contributed by atoms with Crippen LogP contribution in [0.25, 0.3) is 0 Å². The molecule has 0 aromatic heterocycles. The van der Waals surface area contributed by atoms with E-state index in [0.717, 1.165) is 6.42 Å². The predicted molar refractivity (Wildman–Crippen MR) is 117 cm³/mol. The number of carbonyl (C=O) groups excluding carboxylic acids is 2. The van der Waals surface area contributed by atoms with Crippen molar-refractivity contribution in [2.75, 3.05) is 13.2 Å². The Labute approximate surface area is 185 Å². The molecule has 9 heteroatoms. The van der Waals surface area contributed by atoms with Gasteiger partial charge in [-0.3, -0.25) is 9.59 Å². The second-order valence-corrected chi connectivity index (χ2v) is 6.90. The Hall–Kier alpha value is -2.77. The number of carbonyl (C=O) groups is 2. The average Bonchev–Trinajstić information content (AvgIpc) is 2.73. The summed E-state index contributed by atoms with van der Waals surface area (Å²) in [6.07, 6.45) is 2.14. The first-order chi connectivity index (χ1) is 14.5. The van der Waals surface area contributed by atoms with Gasteiger partial charge in [0.2, 0.25) is 0 Å². The number of nitrogens with one attached hydrogen (secondary N) is 2. The van der Waals surface area contributed by atoms with Crippen LogP contribution >= 0.6 is 23.2 Å². The standard InChI is InChI=1S/C21H23Cl2N3O4/c1-3-10-24-20(27)21(28)26-25-12-14-8-9-18(19(11-14)29-4-2)30-13-15-16(22)6-5-7-17(15)23/h5-9,11-12H,3-4,10,13H2,1-2H3,(H,24,27)(H,26,28)/b25-12-. The van der Waals surface area contributed by atoms with Crippen LogP contribution in [0.2, 0.25) is 10.0 Å². The SMILES string of the molecule is CCCNC(=O)C(=O)N/N=C\c1ccc(OCc2c(Cl)cccc2Cl)c(OCC)c1. The van der Waals surface area contributed by atoms with Crippen molar-refractivity contribution in [3.05, 3.63) is 57.6 Å². The van der Waals surface area contributed by atoms with E-state index in [1.807, 2.05) is 13.8 Å². The molecule has 0 heterocycles. The van der Waals surface area contributed by atoms with Gasteiger partial charge in [0.05, 0.1) is 12.8 Å². The first-order valence-corrected chi connectivity index (χ1v) is 10.2. The quantitative estimate of drug-likeness (QED) is 0.343. The minimum atomic E-state index is -0.832. The summed E-state index contributed by atoms with van der Waals surface area (Å²) in [5, 5.41) is 7.30. The summed E-state index contributed by atoms with van der Waals surface area (Å²) < 4.78 is 11.5. The van der Waals surface area contributed by atoms with E-state index >= 15 is 0 Å². The molecule has 2 N–H and O–H groups in total. The van der Waals surface area contributed by atoms with Gasteiger partial charge in [-0.15, -0.1) is 0 Å². The molecule has 0 bridgehead atoms. The van der Waals surface area contributed by atoms with Gasteiger partial charge in [-0.2, -0.15) is 5.10 Å². The van der Waals surface area contributed by atoms with E-state index in [4.69, 9.17) is 32.7 Å². The van der Waals surface area contributed by atoms with E-state index in [-0.39, 0.29) is 6.61 Å². The average molecular weight is 452 g/mol. The highest BCUT2D eigenvalue weighted by Crippen LogP contribution is 2.31. The molecular weight excluding hydrogens is 429 g/mol. The summed E-state index contributed by atoms with van der Waals surface area (Å²) in [7, 11) is 0. The van der Waals surface area contributed by atoms with Crippen molar-refractivity contribution >= 4 is 41.2 Å². The van der Waals surface area contributed by atoms with Gasteiger partial charge in [0.15, 0.2) is 11.5 Å². The Morgan fingerprint density at radius 1 is 1.03 bits per heavy atom. The van der Waals surface area contributed by atoms with Crippen molar-refractivity contribution in [2.24, 2.45) is 5.10 Å². The third-order valence-corrected chi connectivity index (χ3v) is 4.53. The van der Waals surface area contributed by atoms with Crippen LogP contribution in [0.15, 0.2) is 41.5 Å². The van der Waals surface area contributed by atoms with Crippen molar-refractivity contribution in [1.82, 2.24) is 10.7 Å². The summed E-state index contributed by atoms with van der Waals surface area (Å²) >= 11 is 12.4. The molecule has 0 fully saturated rings. The van der Waals surface area contributed by atoms with E-state index in [9.17, 15) is 9.59 Å². The molecular formula is C21H23Cl2N3O4. The summed E-state index contributed by atoms with van der Waals surface area (Å²) in [6, 6.07) is 10.4. The minimum absolute atomic E-state index is 0.176. The van der Waals surface area contributed by atoms with Crippen LogP contribution in [-0.2, 0) is 16.2 Å². The Kier molecular flexibility index (Phi) is 9.44. The Balaban J connectivity index is 2.05. The number of rotatable bonds is 9. The van der Waals surface area contributed by atoms with Crippen LogP contribution in [0.5, 0.6) is 11.5 Å². The van der Waals surface area contributed by atoms with E-state index in [1.54, 1.807) is 36.4 Å². The molecule has 2 aromatic carbocycles. The summed E-state index contributed by atoms with van der Waals surface area (Å²) in [5.41, 5.74) is 3.51. The first-order valence-electron chi connectivity index (χ1n) is 9.40. The maximum atomic E-state index is 11.6. The summed E-state index contributed by atoms with van der Waals surface area (Å²) in [5.74, 6) is -0.558. The molecule has 0 radical (unpaired) electrons. The van der Waals surface area contributed by atoms with Crippen LogP contribution in [0.3, 0.4) is 0 Å². The first kappa shape index (κ1) is 23.5. The lowest BCUT2D eigenvalue weighted by molar-refractivity contribution is -0.139. The molecule has 2 rings (SSSR count). The molecule has 7 nitrogen and oxygen atoms in total. The molecule has 0 atom stereocenters. The molecule has 0 aliphatic carbocycles. The third-order valence-electron chi connectivity index (χ3n) is 3.82. The van der Waals surface area contributed by atoms with Crippen molar-refractivity contribution in [1.29, 1.82) is 0 Å². The zero-order valence-electron chi connectivity index (χ0n) is 16.7. The fourth-order valence-electron chi connectivity index (χ4n) is 2.35. The lowest BCUT2D eigenvalue weighted by Crippen LogP contribution is -2.38. The van der Waals surface area contributed by atoms with Gasteiger partial charge in [-0.1, -0.05) is 36.2 Å². The molecule has 30 heavy (non-hydrogen) atoms. The fraction of sp³-hybridized carbons (Fsp3) is 0.286. The molecule has 2 amide bonds. The van der Waals surface area contributed by atoms with Gasteiger partial charge in [0, 0.05) is 22.2 Å². The van der Waals surface area contributed by atoms with E-state index in [0.29, 0.717) is 45.8 Å². The van der Waals surface area contributed by atoms with Gasteiger partial charge < -0.3 is 14.8 Å². The van der Waals surface area contributed by atoms with Crippen molar-refractivity contribution in [3.8, 4) is 11.5 Å². The van der Waals surface area contributed by atoms with Gasteiger partial charge in [0.25, 0.3) is 0 Å². The number of nitrogens with zero attached hydrogens (tertiary/aromatic N) is 1. The van der Waals surface area contributed by atoms with Gasteiger partial charge in [-0.05, 0) is 49.2 Å². The van der Waals surface area contributed by atoms with Gasteiger partial charge >= 0.3 is 11.8 Å². The number of hydrazone groups is 1. The highest BCUT2D eigenvalue weighted by atomic mass is 35.5. The molecule has 0 aliphatic heterocycles. The van der Waals surface area contributed by atoms with E-state index in [1.165, 1.54) is 6.21 Å². The number of hydrogen-bond donors (Lipinski definition) is 2. The summed E-state index contributed by atoms with van der Waals surface area (Å²) in [6.45, 7) is 4.77. The lowest BCUT2D eigenvalue weighted by Gasteiger charge is -2.14. The van der Waals surface area contributed by atoms with Crippen molar-refractivity contribution in [3.63, 3.8) is 0 Å². The number of amides is 2. The molecule has 0 saturated heterocycles. The second kappa shape index (κ2) is 12.0.